The van der Waals surface area contributed by atoms with Crippen molar-refractivity contribution in [1.29, 1.82) is 0 Å². The summed E-state index contributed by atoms with van der Waals surface area (Å²) in [6.45, 7) is 1.93. The summed E-state index contributed by atoms with van der Waals surface area (Å²) in [6, 6.07) is 8.37. The molecule has 27 heavy (non-hydrogen) atoms. The van der Waals surface area contributed by atoms with Crippen LogP contribution in [0.4, 0.5) is 8.78 Å². The summed E-state index contributed by atoms with van der Waals surface area (Å²) in [5.74, 6) is -0.536. The zero-order chi connectivity index (χ0) is 19.0. The number of carbonyl (C=O) groups is 1. The van der Waals surface area contributed by atoms with Gasteiger partial charge in [0.15, 0.2) is 11.5 Å². The Morgan fingerprint density at radius 2 is 1.96 bits per heavy atom. The Bertz CT molecular complexity index is 1030. The third-order valence-electron chi connectivity index (χ3n) is 4.17. The molecule has 1 amide bonds. The molecule has 8 heteroatoms. The highest BCUT2D eigenvalue weighted by molar-refractivity contribution is 6.00. The van der Waals surface area contributed by atoms with Crippen LogP contribution in [-0.2, 0) is 6.54 Å². The van der Waals surface area contributed by atoms with Crippen molar-refractivity contribution in [3.63, 3.8) is 0 Å². The molecule has 0 saturated carbocycles. The summed E-state index contributed by atoms with van der Waals surface area (Å²) in [4.78, 5) is 12.6. The van der Waals surface area contributed by atoms with Crippen LogP contribution in [-0.4, -0.2) is 17.9 Å². The topological polar surface area (TPSA) is 73.6 Å². The van der Waals surface area contributed by atoms with Crippen molar-refractivity contribution < 1.29 is 27.6 Å². The van der Waals surface area contributed by atoms with Gasteiger partial charge in [0, 0.05) is 18.2 Å². The fourth-order valence-electron chi connectivity index (χ4n) is 2.83. The Balaban J connectivity index is 1.56. The van der Waals surface area contributed by atoms with Gasteiger partial charge in [-0.15, -0.1) is 0 Å². The first-order chi connectivity index (χ1) is 13.0. The fraction of sp³-hybridized carbons (Fsp3) is 0.158. The van der Waals surface area contributed by atoms with E-state index in [9.17, 15) is 13.6 Å². The lowest BCUT2D eigenvalue weighted by Crippen LogP contribution is -2.23. The zero-order valence-electron chi connectivity index (χ0n) is 14.2. The van der Waals surface area contributed by atoms with E-state index in [1.807, 2.05) is 0 Å². The molecule has 3 aromatic rings. The minimum absolute atomic E-state index is 0.0125. The van der Waals surface area contributed by atoms with Crippen LogP contribution in [0.25, 0.3) is 11.3 Å². The van der Waals surface area contributed by atoms with E-state index in [4.69, 9.17) is 14.0 Å². The molecule has 0 fully saturated rings. The fourth-order valence-corrected chi connectivity index (χ4v) is 2.83. The number of rotatable bonds is 4. The van der Waals surface area contributed by atoms with Crippen LogP contribution in [0.2, 0.25) is 0 Å². The summed E-state index contributed by atoms with van der Waals surface area (Å²) in [6.07, 6.45) is 0. The lowest BCUT2D eigenvalue weighted by molar-refractivity contribution is 0.0950. The van der Waals surface area contributed by atoms with Crippen molar-refractivity contribution in [2.24, 2.45) is 0 Å². The lowest BCUT2D eigenvalue weighted by Gasteiger charge is -2.07. The van der Waals surface area contributed by atoms with Gasteiger partial charge in [-0.1, -0.05) is 11.2 Å². The second-order valence-corrected chi connectivity index (χ2v) is 5.96. The van der Waals surface area contributed by atoms with E-state index < -0.39 is 17.5 Å². The maximum atomic E-state index is 14.1. The predicted octanol–water partition coefficient (Wildman–Crippen LogP) is 3.59. The molecule has 1 aliphatic rings. The Morgan fingerprint density at radius 3 is 2.78 bits per heavy atom. The first-order valence-corrected chi connectivity index (χ1v) is 8.11. The van der Waals surface area contributed by atoms with E-state index in [0.717, 1.165) is 17.7 Å². The first kappa shape index (κ1) is 17.0. The van der Waals surface area contributed by atoms with Gasteiger partial charge in [0.1, 0.15) is 28.7 Å². The van der Waals surface area contributed by atoms with Crippen LogP contribution in [0.1, 0.15) is 21.7 Å². The molecule has 138 valence electrons. The summed E-state index contributed by atoms with van der Waals surface area (Å²) in [5, 5.41) is 6.51. The third kappa shape index (κ3) is 3.21. The molecule has 6 nitrogen and oxygen atoms in total. The molecule has 0 unspecified atom stereocenters. The van der Waals surface area contributed by atoms with Crippen LogP contribution in [0.15, 0.2) is 40.9 Å². The van der Waals surface area contributed by atoms with Crippen molar-refractivity contribution >= 4 is 5.91 Å². The molecular weight excluding hydrogens is 358 g/mol. The van der Waals surface area contributed by atoms with E-state index in [1.54, 1.807) is 25.1 Å². The number of carbonyl (C=O) groups excluding carboxylic acids is 1. The van der Waals surface area contributed by atoms with Crippen molar-refractivity contribution in [3.05, 3.63) is 64.9 Å². The quantitative estimate of drug-likeness (QED) is 0.758. The molecule has 0 saturated heterocycles. The van der Waals surface area contributed by atoms with Crippen LogP contribution in [0.5, 0.6) is 11.5 Å². The maximum Gasteiger partial charge on any atom is 0.257 e. The van der Waals surface area contributed by atoms with Gasteiger partial charge in [-0.3, -0.25) is 4.79 Å². The SMILES string of the molecule is Cc1onc(-c2ccc(F)cc2F)c1C(=O)NCc1ccc2c(c1)OCO2. The number of hydrogen-bond acceptors (Lipinski definition) is 5. The Kier molecular flexibility index (Phi) is 4.23. The number of ether oxygens (including phenoxy) is 2. The molecular formula is C19H14F2N2O4. The highest BCUT2D eigenvalue weighted by Gasteiger charge is 2.24. The summed E-state index contributed by atoms with van der Waals surface area (Å²) < 4.78 is 42.8. The maximum absolute atomic E-state index is 14.1. The van der Waals surface area contributed by atoms with Crippen LogP contribution < -0.4 is 14.8 Å². The van der Waals surface area contributed by atoms with E-state index in [1.165, 1.54) is 6.07 Å². The largest absolute Gasteiger partial charge is 0.454 e. The summed E-state index contributed by atoms with van der Waals surface area (Å²) in [5.41, 5.74) is 0.909. The van der Waals surface area contributed by atoms with Crippen LogP contribution in [0, 0.1) is 18.6 Å². The van der Waals surface area contributed by atoms with Gasteiger partial charge in [-0.25, -0.2) is 8.78 Å². The third-order valence-corrected chi connectivity index (χ3v) is 4.17. The molecule has 1 aromatic heterocycles. The molecule has 0 bridgehead atoms. The highest BCUT2D eigenvalue weighted by atomic mass is 19.1. The highest BCUT2D eigenvalue weighted by Crippen LogP contribution is 2.32. The van der Waals surface area contributed by atoms with Gasteiger partial charge >= 0.3 is 0 Å². The second-order valence-electron chi connectivity index (χ2n) is 5.96. The van der Waals surface area contributed by atoms with Crippen molar-refractivity contribution in [3.8, 4) is 22.8 Å². The standard InChI is InChI=1S/C19H14F2N2O4/c1-10-17(18(23-27-10)13-4-3-12(20)7-14(13)21)19(24)22-8-11-2-5-15-16(6-11)26-9-25-15/h2-7H,8-9H2,1H3,(H,22,24). The lowest BCUT2D eigenvalue weighted by atomic mass is 10.0. The predicted molar refractivity (Wildman–Crippen MR) is 90.3 cm³/mol. The van der Waals surface area contributed by atoms with Crippen LogP contribution in [0.3, 0.4) is 0 Å². The Labute approximate surface area is 152 Å². The number of benzene rings is 2. The molecule has 0 aliphatic carbocycles. The molecule has 2 heterocycles. The van der Waals surface area contributed by atoms with Gasteiger partial charge in [0.25, 0.3) is 5.91 Å². The van der Waals surface area contributed by atoms with Gasteiger partial charge in [0.05, 0.1) is 0 Å². The number of aromatic nitrogens is 1. The Hall–Kier alpha value is -3.42. The van der Waals surface area contributed by atoms with E-state index in [-0.39, 0.29) is 35.9 Å². The van der Waals surface area contributed by atoms with Crippen molar-refractivity contribution in [2.75, 3.05) is 6.79 Å². The number of halogens is 2. The van der Waals surface area contributed by atoms with Gasteiger partial charge < -0.3 is 19.3 Å². The van der Waals surface area contributed by atoms with Crippen molar-refractivity contribution in [1.82, 2.24) is 10.5 Å². The molecule has 0 atom stereocenters. The monoisotopic (exact) mass is 372 g/mol. The van der Waals surface area contributed by atoms with E-state index in [2.05, 4.69) is 10.5 Å². The zero-order valence-corrected chi connectivity index (χ0v) is 14.2. The van der Waals surface area contributed by atoms with Gasteiger partial charge in [-0.2, -0.15) is 0 Å². The second kappa shape index (κ2) is 6.71. The molecule has 1 N–H and O–H groups in total. The Morgan fingerprint density at radius 1 is 1.15 bits per heavy atom. The van der Waals surface area contributed by atoms with Crippen LogP contribution >= 0.6 is 0 Å². The average molecular weight is 372 g/mol. The minimum Gasteiger partial charge on any atom is -0.454 e. The molecule has 0 spiro atoms. The molecule has 1 aliphatic heterocycles. The number of nitrogens with zero attached hydrogens (tertiary/aromatic N) is 1. The smallest absolute Gasteiger partial charge is 0.257 e. The normalized spacial score (nSPS) is 12.3. The number of fused-ring (bicyclic) bond motifs is 1. The summed E-state index contributed by atoms with van der Waals surface area (Å²) in [7, 11) is 0. The number of aryl methyl sites for hydroxylation is 1. The van der Waals surface area contributed by atoms with Crippen molar-refractivity contribution in [2.45, 2.75) is 13.5 Å². The number of nitrogens with one attached hydrogen (secondary N) is 1. The average Bonchev–Trinajstić information content (AvgIpc) is 3.25. The van der Waals surface area contributed by atoms with E-state index in [0.29, 0.717) is 11.5 Å². The first-order valence-electron chi connectivity index (χ1n) is 8.11. The molecule has 2 aromatic carbocycles. The van der Waals surface area contributed by atoms with E-state index >= 15 is 0 Å². The number of hydrogen-bond donors (Lipinski definition) is 1. The van der Waals surface area contributed by atoms with Gasteiger partial charge in [0.2, 0.25) is 6.79 Å². The molecule has 4 rings (SSSR count). The number of amides is 1. The van der Waals surface area contributed by atoms with Gasteiger partial charge in [-0.05, 0) is 36.8 Å². The summed E-state index contributed by atoms with van der Waals surface area (Å²) >= 11 is 0. The molecule has 0 radical (unpaired) electrons. The minimum atomic E-state index is -0.826.